The molecule has 1 N–H and O–H groups in total. The summed E-state index contributed by atoms with van der Waals surface area (Å²) < 4.78 is 12.0. The first-order valence-corrected chi connectivity index (χ1v) is 10.5. The molecule has 0 saturated carbocycles. The van der Waals surface area contributed by atoms with E-state index >= 15 is 0 Å². The van der Waals surface area contributed by atoms with E-state index in [1.807, 2.05) is 37.3 Å². The molecule has 4 nitrogen and oxygen atoms in total. The van der Waals surface area contributed by atoms with E-state index in [0.717, 1.165) is 33.9 Å². The van der Waals surface area contributed by atoms with Crippen LogP contribution in [0.25, 0.3) is 5.70 Å². The Bertz CT molecular complexity index is 1090. The number of hydrazine groups is 1. The quantitative estimate of drug-likeness (QED) is 0.560. The van der Waals surface area contributed by atoms with Crippen LogP contribution in [0.5, 0.6) is 11.5 Å². The van der Waals surface area contributed by atoms with Crippen LogP contribution in [-0.4, -0.2) is 11.6 Å². The van der Waals surface area contributed by atoms with Crippen LogP contribution in [0.2, 0.25) is 5.02 Å². The summed E-state index contributed by atoms with van der Waals surface area (Å²) in [5.41, 5.74) is 9.12. The Morgan fingerprint density at radius 2 is 1.80 bits per heavy atom. The van der Waals surface area contributed by atoms with E-state index in [4.69, 9.17) is 21.1 Å². The van der Waals surface area contributed by atoms with E-state index in [0.29, 0.717) is 11.6 Å². The molecule has 2 aliphatic heterocycles. The molecule has 30 heavy (non-hydrogen) atoms. The second-order valence-corrected chi connectivity index (χ2v) is 8.00. The summed E-state index contributed by atoms with van der Waals surface area (Å²) in [4.78, 5) is 0. The highest BCUT2D eigenvalue weighted by atomic mass is 35.5. The Kier molecular flexibility index (Phi) is 4.89. The fraction of sp³-hybridized carbons (Fsp3) is 0.200. The third kappa shape index (κ3) is 3.42. The molecule has 2 aliphatic rings. The second kappa shape index (κ2) is 7.71. The Labute approximate surface area is 181 Å². The van der Waals surface area contributed by atoms with Gasteiger partial charge in [-0.1, -0.05) is 53.6 Å². The van der Waals surface area contributed by atoms with Gasteiger partial charge in [-0.05, 0) is 55.8 Å². The minimum atomic E-state index is -0.279. The van der Waals surface area contributed by atoms with Crippen molar-refractivity contribution in [3.05, 3.63) is 100 Å². The molecule has 0 spiro atoms. The number of aryl methyl sites for hydroxylation is 1. The topological polar surface area (TPSA) is 33.7 Å². The van der Waals surface area contributed by atoms with Gasteiger partial charge in [-0.3, -0.25) is 0 Å². The predicted molar refractivity (Wildman–Crippen MR) is 119 cm³/mol. The minimum Gasteiger partial charge on any atom is -0.494 e. The highest BCUT2D eigenvalue weighted by Gasteiger charge is 2.40. The highest BCUT2D eigenvalue weighted by Crippen LogP contribution is 2.46. The Morgan fingerprint density at radius 1 is 1.03 bits per heavy atom. The number of nitrogens with zero attached hydrogens (tertiary/aromatic N) is 1. The molecular formula is C25H23ClN2O2. The molecule has 2 atom stereocenters. The normalized spacial score (nSPS) is 19.9. The molecule has 3 aromatic carbocycles. The Balaban J connectivity index is 1.54. The van der Waals surface area contributed by atoms with Crippen molar-refractivity contribution in [2.75, 3.05) is 6.61 Å². The van der Waals surface area contributed by atoms with Crippen molar-refractivity contribution in [1.29, 1.82) is 0 Å². The van der Waals surface area contributed by atoms with E-state index in [-0.39, 0.29) is 12.3 Å². The van der Waals surface area contributed by atoms with Gasteiger partial charge in [0.25, 0.3) is 0 Å². The van der Waals surface area contributed by atoms with Gasteiger partial charge >= 0.3 is 0 Å². The molecule has 0 unspecified atom stereocenters. The lowest BCUT2D eigenvalue weighted by atomic mass is 10.0. The van der Waals surface area contributed by atoms with Gasteiger partial charge in [-0.2, -0.15) is 5.01 Å². The highest BCUT2D eigenvalue weighted by molar-refractivity contribution is 6.30. The van der Waals surface area contributed by atoms with Gasteiger partial charge in [0.05, 0.1) is 18.3 Å². The molecule has 5 rings (SSSR count). The number of nitrogens with one attached hydrogen (secondary N) is 1. The number of hydrogen-bond acceptors (Lipinski definition) is 4. The Hall–Kier alpha value is -2.95. The van der Waals surface area contributed by atoms with Crippen molar-refractivity contribution in [2.24, 2.45) is 0 Å². The van der Waals surface area contributed by atoms with E-state index in [2.05, 4.69) is 59.8 Å². The molecule has 0 saturated heterocycles. The first-order valence-electron chi connectivity index (χ1n) is 10.1. The van der Waals surface area contributed by atoms with Crippen LogP contribution in [0.15, 0.2) is 72.8 Å². The summed E-state index contributed by atoms with van der Waals surface area (Å²) in [7, 11) is 0. The minimum absolute atomic E-state index is 0.0142. The summed E-state index contributed by atoms with van der Waals surface area (Å²) in [6.07, 6.45) is 1.96. The molecule has 0 fully saturated rings. The number of halogens is 1. The number of hydrogen-bond donors (Lipinski definition) is 1. The lowest BCUT2D eigenvalue weighted by molar-refractivity contribution is -0.0326. The van der Waals surface area contributed by atoms with Crippen LogP contribution in [0.1, 0.15) is 41.4 Å². The summed E-state index contributed by atoms with van der Waals surface area (Å²) in [5, 5.41) is 2.85. The zero-order valence-corrected chi connectivity index (χ0v) is 17.7. The molecule has 2 heterocycles. The summed E-state index contributed by atoms with van der Waals surface area (Å²) in [5.74, 6) is 1.70. The van der Waals surface area contributed by atoms with Crippen molar-refractivity contribution in [2.45, 2.75) is 26.1 Å². The fourth-order valence-corrected chi connectivity index (χ4v) is 4.16. The summed E-state index contributed by atoms with van der Waals surface area (Å²) >= 11 is 6.31. The van der Waals surface area contributed by atoms with Gasteiger partial charge in [0, 0.05) is 16.1 Å². The van der Waals surface area contributed by atoms with Gasteiger partial charge in [0.1, 0.15) is 11.5 Å². The lowest BCUT2D eigenvalue weighted by Gasteiger charge is -2.39. The molecule has 0 aliphatic carbocycles. The maximum atomic E-state index is 6.42. The zero-order chi connectivity index (χ0) is 20.7. The van der Waals surface area contributed by atoms with E-state index in [9.17, 15) is 0 Å². The van der Waals surface area contributed by atoms with Gasteiger partial charge in [0.2, 0.25) is 0 Å². The van der Waals surface area contributed by atoms with E-state index in [1.165, 1.54) is 5.56 Å². The number of fused-ring (bicyclic) bond motifs is 3. The van der Waals surface area contributed by atoms with E-state index in [1.54, 1.807) is 0 Å². The zero-order valence-electron chi connectivity index (χ0n) is 16.9. The van der Waals surface area contributed by atoms with Gasteiger partial charge in [0.15, 0.2) is 6.23 Å². The van der Waals surface area contributed by atoms with Gasteiger partial charge in [-0.15, -0.1) is 0 Å². The smallest absolute Gasteiger partial charge is 0.195 e. The molecular weight excluding hydrogens is 396 g/mol. The van der Waals surface area contributed by atoms with Crippen LogP contribution in [0.3, 0.4) is 0 Å². The second-order valence-electron chi connectivity index (χ2n) is 7.56. The van der Waals surface area contributed by atoms with Gasteiger partial charge in [-0.25, -0.2) is 0 Å². The van der Waals surface area contributed by atoms with Crippen molar-refractivity contribution in [1.82, 2.24) is 10.4 Å². The van der Waals surface area contributed by atoms with Crippen molar-refractivity contribution >= 4 is 17.3 Å². The molecule has 5 heteroatoms. The SMILES string of the molecule is CCOc1ccc([C@H]2Oc3ccc(Cl)cc3[C@@H]3C=C(c4ccc(C)cc4)NN23)cc1. The maximum Gasteiger partial charge on any atom is 0.195 e. The maximum absolute atomic E-state index is 6.42. The summed E-state index contributed by atoms with van der Waals surface area (Å²) in [6.45, 7) is 4.72. The van der Waals surface area contributed by atoms with Crippen LogP contribution < -0.4 is 14.9 Å². The Morgan fingerprint density at radius 3 is 2.53 bits per heavy atom. The standard InChI is InChI=1S/C25H23ClN2O2/c1-3-29-20-11-8-18(9-12-20)25-28-23(21-14-19(26)10-13-24(21)30-25)15-22(27-28)17-6-4-16(2)5-7-17/h4-15,23,25,27H,3H2,1-2H3/t23-,25+/m0/s1. The van der Waals surface area contributed by atoms with Crippen LogP contribution in [0, 0.1) is 6.92 Å². The van der Waals surface area contributed by atoms with Crippen molar-refractivity contribution in [3.63, 3.8) is 0 Å². The first kappa shape index (κ1) is 19.0. The third-order valence-corrected chi connectivity index (χ3v) is 5.73. The van der Waals surface area contributed by atoms with Gasteiger partial charge < -0.3 is 14.9 Å². The number of rotatable bonds is 4. The molecule has 3 aromatic rings. The van der Waals surface area contributed by atoms with Crippen molar-refractivity contribution < 1.29 is 9.47 Å². The first-order chi connectivity index (χ1) is 14.6. The van der Waals surface area contributed by atoms with Crippen LogP contribution in [-0.2, 0) is 0 Å². The molecule has 0 bridgehead atoms. The van der Waals surface area contributed by atoms with Crippen LogP contribution in [0.4, 0.5) is 0 Å². The lowest BCUT2D eigenvalue weighted by Crippen LogP contribution is -2.43. The summed E-state index contributed by atoms with van der Waals surface area (Å²) in [6, 6.07) is 22.4. The molecule has 152 valence electrons. The average Bonchev–Trinajstić information content (AvgIpc) is 3.20. The molecule has 0 amide bonds. The molecule has 0 radical (unpaired) electrons. The number of ether oxygens (including phenoxy) is 2. The third-order valence-electron chi connectivity index (χ3n) is 5.49. The monoisotopic (exact) mass is 418 g/mol. The van der Waals surface area contributed by atoms with Crippen molar-refractivity contribution in [3.8, 4) is 11.5 Å². The number of benzene rings is 3. The van der Waals surface area contributed by atoms with E-state index < -0.39 is 0 Å². The van der Waals surface area contributed by atoms with Crippen LogP contribution >= 0.6 is 11.6 Å². The predicted octanol–water partition coefficient (Wildman–Crippen LogP) is 6.04. The fourth-order valence-electron chi connectivity index (χ4n) is 3.98. The largest absolute Gasteiger partial charge is 0.494 e. The molecule has 0 aromatic heterocycles. The average molecular weight is 419 g/mol.